The molecule has 2 heterocycles. The van der Waals surface area contributed by atoms with Crippen LogP contribution in [0.3, 0.4) is 0 Å². The lowest BCUT2D eigenvalue weighted by Gasteiger charge is -2.33. The highest BCUT2D eigenvalue weighted by Crippen LogP contribution is 2.40. The second-order valence-corrected chi connectivity index (χ2v) is 7.61. The van der Waals surface area contributed by atoms with Crippen molar-refractivity contribution >= 4 is 11.9 Å². The molecule has 1 saturated heterocycles. The second kappa shape index (κ2) is 7.20. The van der Waals surface area contributed by atoms with Crippen molar-refractivity contribution < 1.29 is 14.6 Å². The molecule has 0 bridgehead atoms. The number of piperidine rings is 1. The highest BCUT2D eigenvalue weighted by molar-refractivity contribution is 6.15. The Kier molecular flexibility index (Phi) is 4.75. The van der Waals surface area contributed by atoms with Gasteiger partial charge in [-0.1, -0.05) is 36.2 Å². The van der Waals surface area contributed by atoms with Crippen molar-refractivity contribution in [3.05, 3.63) is 64.4 Å². The number of likely N-dealkylation sites (tertiary alicyclic amines) is 1. The fourth-order valence-corrected chi connectivity index (χ4v) is 3.86. The fourth-order valence-electron chi connectivity index (χ4n) is 3.86. The van der Waals surface area contributed by atoms with Crippen LogP contribution in [0.25, 0.3) is 6.08 Å². The maximum absolute atomic E-state index is 12.8. The van der Waals surface area contributed by atoms with Crippen molar-refractivity contribution in [3.63, 3.8) is 0 Å². The molecule has 2 aromatic carbocycles. The molecule has 0 amide bonds. The highest BCUT2D eigenvalue weighted by Gasteiger charge is 2.32. The molecule has 1 fully saturated rings. The number of aromatic hydroxyl groups is 1. The molecule has 140 valence electrons. The van der Waals surface area contributed by atoms with Crippen LogP contribution in [0.1, 0.15) is 53.2 Å². The third kappa shape index (κ3) is 3.50. The highest BCUT2D eigenvalue weighted by atomic mass is 16.5. The molecule has 4 nitrogen and oxygen atoms in total. The zero-order chi connectivity index (χ0) is 19.0. The zero-order valence-electron chi connectivity index (χ0n) is 15.9. The number of Topliss-reactive ketones (excluding diaryl/α,β-unsaturated/α-hetero) is 1. The topological polar surface area (TPSA) is 49.8 Å². The summed E-state index contributed by atoms with van der Waals surface area (Å²) in [6.45, 7) is 5.85. The molecule has 2 aromatic rings. The predicted octanol–water partition coefficient (Wildman–Crippen LogP) is 4.69. The van der Waals surface area contributed by atoms with E-state index in [0.29, 0.717) is 35.2 Å². The van der Waals surface area contributed by atoms with E-state index in [9.17, 15) is 9.90 Å². The van der Waals surface area contributed by atoms with Gasteiger partial charge >= 0.3 is 0 Å². The Hall–Kier alpha value is -2.59. The maximum Gasteiger partial charge on any atom is 0.231 e. The number of hydrogen-bond donors (Lipinski definition) is 1. The van der Waals surface area contributed by atoms with Gasteiger partial charge in [-0.05, 0) is 57.0 Å². The monoisotopic (exact) mass is 363 g/mol. The van der Waals surface area contributed by atoms with E-state index in [1.165, 1.54) is 18.4 Å². The zero-order valence-corrected chi connectivity index (χ0v) is 15.9. The molecular formula is C23H25NO3. The normalized spacial score (nSPS) is 21.3. The lowest BCUT2D eigenvalue weighted by Crippen LogP contribution is -2.36. The van der Waals surface area contributed by atoms with E-state index in [4.69, 9.17) is 4.74 Å². The third-order valence-electron chi connectivity index (χ3n) is 5.59. The van der Waals surface area contributed by atoms with Gasteiger partial charge in [-0.15, -0.1) is 0 Å². The van der Waals surface area contributed by atoms with Crippen molar-refractivity contribution in [2.75, 3.05) is 6.54 Å². The number of fused-ring (bicyclic) bond motifs is 1. The van der Waals surface area contributed by atoms with Gasteiger partial charge in [-0.25, -0.2) is 0 Å². The fraction of sp³-hybridized carbons (Fsp3) is 0.348. The van der Waals surface area contributed by atoms with Gasteiger partial charge in [0.05, 0.1) is 11.1 Å². The van der Waals surface area contributed by atoms with Crippen LogP contribution in [0.15, 0.2) is 42.2 Å². The number of allylic oxidation sites excluding steroid dienone is 1. The number of rotatable bonds is 3. The number of phenols is 1. The Morgan fingerprint density at radius 2 is 1.96 bits per heavy atom. The minimum atomic E-state index is -0.126. The molecule has 4 rings (SSSR count). The van der Waals surface area contributed by atoms with Crippen molar-refractivity contribution in [2.24, 2.45) is 0 Å². The molecule has 0 aliphatic carbocycles. The summed E-state index contributed by atoms with van der Waals surface area (Å²) in [6, 6.07) is 11.7. The van der Waals surface area contributed by atoms with Gasteiger partial charge in [0, 0.05) is 12.6 Å². The SMILES string of the molecule is Cc1ccc(/C=C2\Oc3c(ccc(O)c3CN3CCCC[C@H]3C)C2=O)cc1. The number of carbonyl (C=O) groups is 1. The van der Waals surface area contributed by atoms with Gasteiger partial charge in [0.1, 0.15) is 11.5 Å². The summed E-state index contributed by atoms with van der Waals surface area (Å²) in [6.07, 6.45) is 5.34. The van der Waals surface area contributed by atoms with E-state index in [-0.39, 0.29) is 11.5 Å². The Morgan fingerprint density at radius 3 is 2.70 bits per heavy atom. The van der Waals surface area contributed by atoms with E-state index in [2.05, 4.69) is 11.8 Å². The molecular weight excluding hydrogens is 338 g/mol. The molecule has 0 radical (unpaired) electrons. The quantitative estimate of drug-likeness (QED) is 0.804. The Balaban J connectivity index is 1.65. The number of phenolic OH excluding ortho intramolecular Hbond substituents is 1. The number of ketones is 1. The minimum Gasteiger partial charge on any atom is -0.507 e. The lowest BCUT2D eigenvalue weighted by molar-refractivity contribution is 0.101. The second-order valence-electron chi connectivity index (χ2n) is 7.61. The Morgan fingerprint density at radius 1 is 1.19 bits per heavy atom. The Bertz CT molecular complexity index is 899. The number of aryl methyl sites for hydroxylation is 1. The lowest BCUT2D eigenvalue weighted by atomic mass is 10.0. The smallest absolute Gasteiger partial charge is 0.231 e. The molecule has 4 heteroatoms. The van der Waals surface area contributed by atoms with Crippen LogP contribution in [0, 0.1) is 6.92 Å². The first-order valence-corrected chi connectivity index (χ1v) is 9.63. The predicted molar refractivity (Wildman–Crippen MR) is 106 cm³/mol. The van der Waals surface area contributed by atoms with Gasteiger partial charge in [-0.2, -0.15) is 0 Å². The average Bonchev–Trinajstić information content (AvgIpc) is 2.97. The van der Waals surface area contributed by atoms with Crippen LogP contribution in [-0.2, 0) is 6.54 Å². The molecule has 1 N–H and O–H groups in total. The van der Waals surface area contributed by atoms with Crippen molar-refractivity contribution in [1.29, 1.82) is 0 Å². The standard InChI is InChI=1S/C23H25NO3/c1-15-6-8-17(9-7-15)13-21-22(26)18-10-11-20(25)19(23(18)27-21)14-24-12-4-3-5-16(24)2/h6-11,13,16,25H,3-5,12,14H2,1-2H3/b21-13-/t16-/m1/s1. The summed E-state index contributed by atoms with van der Waals surface area (Å²) in [5.41, 5.74) is 3.34. The van der Waals surface area contributed by atoms with E-state index in [1.807, 2.05) is 31.2 Å². The molecule has 0 unspecified atom stereocenters. The molecule has 27 heavy (non-hydrogen) atoms. The van der Waals surface area contributed by atoms with Crippen LogP contribution in [-0.4, -0.2) is 28.4 Å². The first-order valence-electron chi connectivity index (χ1n) is 9.63. The average molecular weight is 363 g/mol. The summed E-state index contributed by atoms with van der Waals surface area (Å²) in [7, 11) is 0. The number of nitrogens with zero attached hydrogens (tertiary/aromatic N) is 1. The number of hydrogen-bond acceptors (Lipinski definition) is 4. The van der Waals surface area contributed by atoms with Gasteiger partial charge in [0.25, 0.3) is 0 Å². The van der Waals surface area contributed by atoms with Gasteiger partial charge < -0.3 is 9.84 Å². The third-order valence-corrected chi connectivity index (χ3v) is 5.59. The molecule has 2 aliphatic heterocycles. The summed E-state index contributed by atoms with van der Waals surface area (Å²) in [4.78, 5) is 15.2. The molecule has 2 aliphatic rings. The molecule has 0 aromatic heterocycles. The summed E-state index contributed by atoms with van der Waals surface area (Å²) < 4.78 is 5.97. The van der Waals surface area contributed by atoms with E-state index >= 15 is 0 Å². The molecule has 0 saturated carbocycles. The van der Waals surface area contributed by atoms with Gasteiger partial charge in [0.2, 0.25) is 5.78 Å². The van der Waals surface area contributed by atoms with E-state index in [0.717, 1.165) is 18.5 Å². The minimum absolute atomic E-state index is 0.126. The van der Waals surface area contributed by atoms with Crippen LogP contribution in [0.4, 0.5) is 0 Å². The largest absolute Gasteiger partial charge is 0.507 e. The van der Waals surface area contributed by atoms with Crippen molar-refractivity contribution in [3.8, 4) is 11.5 Å². The van der Waals surface area contributed by atoms with Crippen molar-refractivity contribution in [1.82, 2.24) is 4.90 Å². The number of benzene rings is 2. The molecule has 1 atom stereocenters. The summed E-state index contributed by atoms with van der Waals surface area (Å²) in [5, 5.41) is 10.4. The van der Waals surface area contributed by atoms with Crippen LogP contribution >= 0.6 is 0 Å². The summed E-state index contributed by atoms with van der Waals surface area (Å²) in [5.74, 6) is 0.887. The number of carbonyl (C=O) groups excluding carboxylic acids is 1. The number of ether oxygens (including phenoxy) is 1. The first-order chi connectivity index (χ1) is 13.0. The van der Waals surface area contributed by atoms with E-state index in [1.54, 1.807) is 18.2 Å². The van der Waals surface area contributed by atoms with Crippen LogP contribution in [0.5, 0.6) is 11.5 Å². The first kappa shape index (κ1) is 17.8. The van der Waals surface area contributed by atoms with E-state index < -0.39 is 0 Å². The van der Waals surface area contributed by atoms with Crippen molar-refractivity contribution in [2.45, 2.75) is 45.7 Å². The summed E-state index contributed by atoms with van der Waals surface area (Å²) >= 11 is 0. The molecule has 0 spiro atoms. The van der Waals surface area contributed by atoms with Gasteiger partial charge in [0.15, 0.2) is 5.76 Å². The van der Waals surface area contributed by atoms with Crippen LogP contribution in [0.2, 0.25) is 0 Å². The maximum atomic E-state index is 12.8. The van der Waals surface area contributed by atoms with Gasteiger partial charge in [-0.3, -0.25) is 9.69 Å². The Labute approximate surface area is 160 Å². The van der Waals surface area contributed by atoms with Crippen LogP contribution < -0.4 is 4.74 Å².